The van der Waals surface area contributed by atoms with E-state index in [4.69, 9.17) is 11.6 Å². The van der Waals surface area contributed by atoms with Crippen LogP contribution in [0.25, 0.3) is 16.8 Å². The normalized spacial score (nSPS) is 14.8. The maximum Gasteiger partial charge on any atom is 0.416 e. The van der Waals surface area contributed by atoms with Gasteiger partial charge in [0, 0.05) is 29.9 Å². The highest BCUT2D eigenvalue weighted by molar-refractivity contribution is 6.31. The Balaban J connectivity index is 2.09. The third-order valence-corrected chi connectivity index (χ3v) is 6.76. The summed E-state index contributed by atoms with van der Waals surface area (Å²) in [5, 5.41) is 9.10. The molecular formula is C25H20ClF6N5O3. The molecule has 2 aromatic heterocycles. The minimum atomic E-state index is -4.88. The Kier molecular flexibility index (Phi) is 7.64. The first-order chi connectivity index (χ1) is 18.6. The van der Waals surface area contributed by atoms with Gasteiger partial charge in [-0.15, -0.1) is 0 Å². The monoisotopic (exact) mass is 587 g/mol. The average molecular weight is 588 g/mol. The van der Waals surface area contributed by atoms with Gasteiger partial charge in [0.05, 0.1) is 28.8 Å². The predicted octanol–water partition coefficient (Wildman–Crippen LogP) is 4.64. The van der Waals surface area contributed by atoms with Gasteiger partial charge in [-0.25, -0.2) is 9.36 Å². The smallest absolute Gasteiger partial charge is 0.357 e. The number of halogens is 7. The summed E-state index contributed by atoms with van der Waals surface area (Å²) >= 11 is 5.98. The number of aryl methyl sites for hydroxylation is 1. The zero-order valence-corrected chi connectivity index (χ0v) is 21.4. The summed E-state index contributed by atoms with van der Waals surface area (Å²) in [6.45, 7) is 0.163. The van der Waals surface area contributed by atoms with Gasteiger partial charge in [-0.2, -0.15) is 31.6 Å². The van der Waals surface area contributed by atoms with Crippen molar-refractivity contribution in [3.8, 4) is 22.9 Å². The molecule has 8 nitrogen and oxygen atoms in total. The van der Waals surface area contributed by atoms with Gasteiger partial charge in [0.1, 0.15) is 12.4 Å². The standard InChI is InChI=1S/C25H20ClF6N5O3/c1-13-8-18(12-19(38)34-13)37-22(39)20(14-9-16(25(30,31)32)11-17(26)10-14)21(36(7-4-33)23(37)40)35-5-2-15(3-6-35)24(27,28)29/h8-12,15H,2-3,5-7H2,1H3,(H,34,38). The van der Waals surface area contributed by atoms with Gasteiger partial charge < -0.3 is 9.88 Å². The van der Waals surface area contributed by atoms with Crippen molar-refractivity contribution in [3.63, 3.8) is 0 Å². The highest BCUT2D eigenvalue weighted by Crippen LogP contribution is 2.39. The van der Waals surface area contributed by atoms with Crippen LogP contribution >= 0.6 is 11.6 Å². The number of H-pyrrole nitrogens is 1. The fourth-order valence-electron chi connectivity index (χ4n) is 4.77. The summed E-state index contributed by atoms with van der Waals surface area (Å²) in [5.74, 6) is -1.98. The summed E-state index contributed by atoms with van der Waals surface area (Å²) in [4.78, 5) is 43.4. The van der Waals surface area contributed by atoms with Crippen LogP contribution in [0.1, 0.15) is 24.1 Å². The fraction of sp³-hybridized carbons (Fsp3) is 0.360. The molecule has 1 fully saturated rings. The molecule has 15 heteroatoms. The number of piperidine rings is 1. The maximum absolute atomic E-state index is 14.0. The van der Waals surface area contributed by atoms with Gasteiger partial charge in [0.25, 0.3) is 5.56 Å². The number of hydrogen-bond acceptors (Lipinski definition) is 5. The van der Waals surface area contributed by atoms with Gasteiger partial charge in [0.2, 0.25) is 5.56 Å². The maximum atomic E-state index is 14.0. The van der Waals surface area contributed by atoms with Crippen LogP contribution in [0.4, 0.5) is 32.2 Å². The Morgan fingerprint density at radius 2 is 1.68 bits per heavy atom. The van der Waals surface area contributed by atoms with Crippen LogP contribution in [0.2, 0.25) is 5.02 Å². The van der Waals surface area contributed by atoms with Crippen molar-refractivity contribution in [1.82, 2.24) is 14.1 Å². The minimum Gasteiger partial charge on any atom is -0.357 e. The van der Waals surface area contributed by atoms with Crippen molar-refractivity contribution in [2.45, 2.75) is 38.7 Å². The first-order valence-electron chi connectivity index (χ1n) is 11.8. The lowest BCUT2D eigenvalue weighted by atomic mass is 9.95. The molecule has 0 spiro atoms. The molecule has 1 saturated heterocycles. The number of aromatic nitrogens is 3. The van der Waals surface area contributed by atoms with Crippen LogP contribution in [0.3, 0.4) is 0 Å². The van der Waals surface area contributed by atoms with E-state index in [9.17, 15) is 46.0 Å². The average Bonchev–Trinajstić information content (AvgIpc) is 2.83. The van der Waals surface area contributed by atoms with Crippen LogP contribution in [0, 0.1) is 24.2 Å². The largest absolute Gasteiger partial charge is 0.416 e. The Morgan fingerprint density at radius 3 is 2.23 bits per heavy atom. The second kappa shape index (κ2) is 10.5. The van der Waals surface area contributed by atoms with Crippen molar-refractivity contribution in [3.05, 3.63) is 77.8 Å². The Bertz CT molecular complexity index is 1680. The van der Waals surface area contributed by atoms with E-state index >= 15 is 0 Å². The molecule has 0 atom stereocenters. The van der Waals surface area contributed by atoms with Crippen LogP contribution in [0.5, 0.6) is 0 Å². The van der Waals surface area contributed by atoms with E-state index < -0.39 is 70.6 Å². The SMILES string of the molecule is Cc1cc(-n2c(=O)c(-c3cc(Cl)cc(C(F)(F)F)c3)c(N3CCC(C(F)(F)F)CC3)n(CC#N)c2=O)cc(=O)[nH]1. The number of nitrogens with zero attached hydrogens (tertiary/aromatic N) is 4. The number of rotatable bonds is 4. The van der Waals surface area contributed by atoms with E-state index in [1.807, 2.05) is 0 Å². The van der Waals surface area contributed by atoms with Gasteiger partial charge in [-0.05, 0) is 49.6 Å². The number of anilines is 1. The molecule has 3 heterocycles. The summed E-state index contributed by atoms with van der Waals surface area (Å²) in [6.07, 6.45) is -10.2. The number of alkyl halides is 6. The molecule has 0 amide bonds. The van der Waals surface area contributed by atoms with Crippen LogP contribution in [0.15, 0.2) is 44.7 Å². The lowest BCUT2D eigenvalue weighted by molar-refractivity contribution is -0.179. The van der Waals surface area contributed by atoms with Gasteiger partial charge in [-0.3, -0.25) is 14.2 Å². The zero-order valence-electron chi connectivity index (χ0n) is 20.7. The quantitative estimate of drug-likeness (QED) is 0.448. The molecule has 0 aliphatic carbocycles. The Labute approximate surface area is 226 Å². The summed E-state index contributed by atoms with van der Waals surface area (Å²) in [7, 11) is 0. The van der Waals surface area contributed by atoms with Crippen LogP contribution in [-0.4, -0.2) is 33.4 Å². The number of nitrogens with one attached hydrogen (secondary N) is 1. The fourth-order valence-corrected chi connectivity index (χ4v) is 5.01. The van der Waals surface area contributed by atoms with Crippen molar-refractivity contribution in [1.29, 1.82) is 5.26 Å². The van der Waals surface area contributed by atoms with Crippen LogP contribution in [-0.2, 0) is 12.7 Å². The molecule has 40 heavy (non-hydrogen) atoms. The van der Waals surface area contributed by atoms with Gasteiger partial charge >= 0.3 is 18.0 Å². The molecule has 4 rings (SSSR count). The third-order valence-electron chi connectivity index (χ3n) is 6.54. The van der Waals surface area contributed by atoms with Gasteiger partial charge in [-0.1, -0.05) is 11.6 Å². The van der Waals surface area contributed by atoms with Crippen LogP contribution < -0.4 is 21.7 Å². The molecule has 0 bridgehead atoms. The molecule has 1 aliphatic rings. The van der Waals surface area contributed by atoms with Crippen molar-refractivity contribution >= 4 is 17.4 Å². The molecular weight excluding hydrogens is 568 g/mol. The van der Waals surface area contributed by atoms with E-state index in [-0.39, 0.29) is 35.9 Å². The van der Waals surface area contributed by atoms with Crippen molar-refractivity contribution in [2.24, 2.45) is 5.92 Å². The molecule has 0 unspecified atom stereocenters. The van der Waals surface area contributed by atoms with E-state index in [1.165, 1.54) is 17.9 Å². The summed E-state index contributed by atoms with van der Waals surface area (Å²) in [6, 6.07) is 6.25. The summed E-state index contributed by atoms with van der Waals surface area (Å²) in [5.41, 5.74) is -4.99. The van der Waals surface area contributed by atoms with E-state index in [0.717, 1.165) is 16.7 Å². The van der Waals surface area contributed by atoms with E-state index in [2.05, 4.69) is 4.98 Å². The molecule has 212 valence electrons. The third kappa shape index (κ3) is 5.65. The zero-order chi connectivity index (χ0) is 29.6. The highest BCUT2D eigenvalue weighted by Gasteiger charge is 2.42. The van der Waals surface area contributed by atoms with Crippen molar-refractivity contribution in [2.75, 3.05) is 18.0 Å². The molecule has 3 aromatic rings. The lowest BCUT2D eigenvalue weighted by Crippen LogP contribution is -2.46. The second-order valence-electron chi connectivity index (χ2n) is 9.28. The first-order valence-corrected chi connectivity index (χ1v) is 12.2. The predicted molar refractivity (Wildman–Crippen MR) is 134 cm³/mol. The number of pyridine rings is 1. The molecule has 0 saturated carbocycles. The molecule has 1 aromatic carbocycles. The highest BCUT2D eigenvalue weighted by atomic mass is 35.5. The second-order valence-corrected chi connectivity index (χ2v) is 9.72. The number of aromatic amines is 1. The number of nitriles is 1. The van der Waals surface area contributed by atoms with Gasteiger partial charge in [0.15, 0.2) is 0 Å². The lowest BCUT2D eigenvalue weighted by Gasteiger charge is -2.36. The number of hydrogen-bond donors (Lipinski definition) is 1. The van der Waals surface area contributed by atoms with Crippen molar-refractivity contribution < 1.29 is 26.3 Å². The first kappa shape index (κ1) is 29.0. The molecule has 0 radical (unpaired) electrons. The molecule has 1 aliphatic heterocycles. The topological polar surface area (TPSA) is 104 Å². The Hall–Kier alpha value is -3.99. The Morgan fingerprint density at radius 1 is 1.02 bits per heavy atom. The molecule has 1 N–H and O–H groups in total. The van der Waals surface area contributed by atoms with E-state index in [1.54, 1.807) is 6.07 Å². The minimum absolute atomic E-state index is 0.218. The summed E-state index contributed by atoms with van der Waals surface area (Å²) < 4.78 is 82.4. The number of benzene rings is 1. The van der Waals surface area contributed by atoms with E-state index in [0.29, 0.717) is 16.7 Å².